The van der Waals surface area contributed by atoms with Crippen LogP contribution in [0.1, 0.15) is 12.5 Å². The number of nitrogens with one attached hydrogen (secondary N) is 1. The Labute approximate surface area is 122 Å². The summed E-state index contributed by atoms with van der Waals surface area (Å²) in [5, 5.41) is 1.53. The topological polar surface area (TPSA) is 89.3 Å². The average Bonchev–Trinajstić information content (AvgIpc) is 2.29. The molecule has 1 aromatic rings. The monoisotopic (exact) mass is 320 g/mol. The number of hydrogen-bond acceptors (Lipinski definition) is 4. The molecule has 1 rings (SSSR count). The van der Waals surface area contributed by atoms with Gasteiger partial charge >= 0.3 is 0 Å². The number of anilines is 1. The van der Waals surface area contributed by atoms with Crippen molar-refractivity contribution in [1.82, 2.24) is 0 Å². The van der Waals surface area contributed by atoms with Crippen molar-refractivity contribution >= 4 is 50.2 Å². The van der Waals surface area contributed by atoms with E-state index in [1.54, 1.807) is 6.07 Å². The zero-order valence-electron chi connectivity index (χ0n) is 10.3. The molecule has 5 nitrogen and oxygen atoms in total. The van der Waals surface area contributed by atoms with E-state index < -0.39 is 21.0 Å². The molecule has 0 aliphatic carbocycles. The van der Waals surface area contributed by atoms with Gasteiger partial charge in [-0.3, -0.25) is 4.79 Å². The Kier molecular flexibility index (Phi) is 4.89. The zero-order valence-corrected chi connectivity index (χ0v) is 12.7. The highest BCUT2D eigenvalue weighted by molar-refractivity contribution is 7.92. The molecule has 8 heteroatoms. The van der Waals surface area contributed by atoms with Crippen molar-refractivity contribution < 1.29 is 13.2 Å². The SMILES string of the molecule is CC(C(=O)Nc1ccc(C(N)=S)cc1Cl)S(C)(=O)=O. The minimum absolute atomic E-state index is 0.185. The van der Waals surface area contributed by atoms with E-state index >= 15 is 0 Å². The van der Waals surface area contributed by atoms with E-state index in [1.807, 2.05) is 0 Å². The summed E-state index contributed by atoms with van der Waals surface area (Å²) in [4.78, 5) is 11.9. The Morgan fingerprint density at radius 3 is 2.47 bits per heavy atom. The summed E-state index contributed by atoms with van der Waals surface area (Å²) in [6.07, 6.45) is 0.995. The van der Waals surface area contributed by atoms with Crippen LogP contribution in [-0.4, -0.2) is 30.8 Å². The van der Waals surface area contributed by atoms with Crippen molar-refractivity contribution in [3.63, 3.8) is 0 Å². The number of thiocarbonyl (C=S) groups is 1. The fourth-order valence-electron chi connectivity index (χ4n) is 1.20. The van der Waals surface area contributed by atoms with Crippen LogP contribution in [0.4, 0.5) is 5.69 Å². The molecular weight excluding hydrogens is 308 g/mol. The summed E-state index contributed by atoms with van der Waals surface area (Å²) < 4.78 is 22.5. The second kappa shape index (κ2) is 5.85. The molecule has 0 aromatic heterocycles. The number of carbonyl (C=O) groups excluding carboxylic acids is 1. The van der Waals surface area contributed by atoms with Crippen molar-refractivity contribution in [3.8, 4) is 0 Å². The number of sulfone groups is 1. The van der Waals surface area contributed by atoms with Crippen molar-refractivity contribution in [1.29, 1.82) is 0 Å². The van der Waals surface area contributed by atoms with Gasteiger partial charge in [-0.15, -0.1) is 0 Å². The van der Waals surface area contributed by atoms with Gasteiger partial charge in [0, 0.05) is 11.8 Å². The highest BCUT2D eigenvalue weighted by atomic mass is 35.5. The third-order valence-electron chi connectivity index (χ3n) is 2.52. The largest absolute Gasteiger partial charge is 0.389 e. The van der Waals surface area contributed by atoms with Gasteiger partial charge in [0.25, 0.3) is 0 Å². The fourth-order valence-corrected chi connectivity index (χ4v) is 2.00. The third-order valence-corrected chi connectivity index (χ3v) is 4.57. The molecule has 104 valence electrons. The van der Waals surface area contributed by atoms with Crippen molar-refractivity contribution in [2.45, 2.75) is 12.2 Å². The number of nitrogens with two attached hydrogens (primary N) is 1. The van der Waals surface area contributed by atoms with Crippen LogP contribution < -0.4 is 11.1 Å². The molecule has 0 saturated heterocycles. The molecule has 1 atom stereocenters. The van der Waals surface area contributed by atoms with Gasteiger partial charge in [0.05, 0.1) is 10.7 Å². The number of hydrogen-bond donors (Lipinski definition) is 2. The Bertz CT molecular complexity index is 629. The number of rotatable bonds is 4. The summed E-state index contributed by atoms with van der Waals surface area (Å²) in [5.74, 6) is -0.646. The lowest BCUT2D eigenvalue weighted by atomic mass is 10.2. The lowest BCUT2D eigenvalue weighted by Crippen LogP contribution is -2.31. The molecule has 0 fully saturated rings. The van der Waals surface area contributed by atoms with E-state index in [9.17, 15) is 13.2 Å². The minimum Gasteiger partial charge on any atom is -0.389 e. The van der Waals surface area contributed by atoms with Gasteiger partial charge in [0.1, 0.15) is 10.2 Å². The lowest BCUT2D eigenvalue weighted by Gasteiger charge is -2.12. The maximum Gasteiger partial charge on any atom is 0.242 e. The van der Waals surface area contributed by atoms with Gasteiger partial charge in [0.15, 0.2) is 9.84 Å². The van der Waals surface area contributed by atoms with E-state index in [2.05, 4.69) is 5.32 Å². The first-order valence-corrected chi connectivity index (χ1v) is 7.96. The van der Waals surface area contributed by atoms with E-state index in [-0.39, 0.29) is 10.0 Å². The molecule has 0 heterocycles. The summed E-state index contributed by atoms with van der Waals surface area (Å²) >= 11 is 10.8. The van der Waals surface area contributed by atoms with E-state index in [0.29, 0.717) is 11.3 Å². The quantitative estimate of drug-likeness (QED) is 0.817. The molecule has 0 saturated carbocycles. The first kappa shape index (κ1) is 15.9. The highest BCUT2D eigenvalue weighted by Crippen LogP contribution is 2.23. The molecule has 1 amide bonds. The predicted octanol–water partition coefficient (Wildman–Crippen LogP) is 1.35. The van der Waals surface area contributed by atoms with Gasteiger partial charge in [-0.1, -0.05) is 23.8 Å². The number of carbonyl (C=O) groups is 1. The first-order chi connectivity index (χ1) is 8.62. The summed E-state index contributed by atoms with van der Waals surface area (Å²) in [6, 6.07) is 4.61. The molecule has 1 aromatic carbocycles. The van der Waals surface area contributed by atoms with Gasteiger partial charge in [-0.2, -0.15) is 0 Å². The first-order valence-electron chi connectivity index (χ1n) is 5.22. The maximum atomic E-state index is 11.7. The lowest BCUT2D eigenvalue weighted by molar-refractivity contribution is -0.115. The number of amides is 1. The molecule has 1 unspecified atom stereocenters. The van der Waals surface area contributed by atoms with Crippen LogP contribution in [0.15, 0.2) is 18.2 Å². The van der Waals surface area contributed by atoms with Crippen LogP contribution in [0.3, 0.4) is 0 Å². The minimum atomic E-state index is -3.45. The van der Waals surface area contributed by atoms with Crippen LogP contribution >= 0.6 is 23.8 Å². The average molecular weight is 321 g/mol. The normalized spacial score (nSPS) is 12.8. The molecule has 0 aliphatic rings. The van der Waals surface area contributed by atoms with Crippen LogP contribution in [0.5, 0.6) is 0 Å². The summed E-state index contributed by atoms with van der Waals surface area (Å²) in [5.41, 5.74) is 6.32. The van der Waals surface area contributed by atoms with Crippen LogP contribution in [0.25, 0.3) is 0 Å². The predicted molar refractivity (Wildman–Crippen MR) is 80.3 cm³/mol. The van der Waals surface area contributed by atoms with E-state index in [4.69, 9.17) is 29.6 Å². The van der Waals surface area contributed by atoms with E-state index in [0.717, 1.165) is 6.26 Å². The standard InChI is InChI=1S/C11H13ClN2O3S2/c1-6(19(2,16)17)11(15)14-9-4-3-7(10(13)18)5-8(9)12/h3-6H,1-2H3,(H2,13,18)(H,14,15). The Hall–Kier alpha value is -1.18. The molecular formula is C11H13ClN2O3S2. The number of benzene rings is 1. The molecule has 0 radical (unpaired) electrons. The molecule has 3 N–H and O–H groups in total. The molecule has 0 bridgehead atoms. The van der Waals surface area contributed by atoms with Gasteiger partial charge in [-0.05, 0) is 25.1 Å². The fraction of sp³-hybridized carbons (Fsp3) is 0.273. The number of halogens is 1. The van der Waals surface area contributed by atoms with Gasteiger partial charge < -0.3 is 11.1 Å². The Balaban J connectivity index is 2.95. The Morgan fingerprint density at radius 1 is 1.47 bits per heavy atom. The molecule has 19 heavy (non-hydrogen) atoms. The summed E-state index contributed by atoms with van der Waals surface area (Å²) in [6.45, 7) is 1.31. The van der Waals surface area contributed by atoms with Crippen LogP contribution in [-0.2, 0) is 14.6 Å². The van der Waals surface area contributed by atoms with Crippen molar-refractivity contribution in [2.24, 2.45) is 5.73 Å². The molecule has 0 spiro atoms. The van der Waals surface area contributed by atoms with Crippen LogP contribution in [0.2, 0.25) is 5.02 Å². The molecule has 0 aliphatic heterocycles. The second-order valence-electron chi connectivity index (χ2n) is 4.02. The highest BCUT2D eigenvalue weighted by Gasteiger charge is 2.24. The Morgan fingerprint density at radius 2 is 2.05 bits per heavy atom. The maximum absolute atomic E-state index is 11.7. The van der Waals surface area contributed by atoms with Crippen LogP contribution in [0, 0.1) is 0 Å². The smallest absolute Gasteiger partial charge is 0.242 e. The van der Waals surface area contributed by atoms with Gasteiger partial charge in [0.2, 0.25) is 5.91 Å². The van der Waals surface area contributed by atoms with Crippen molar-refractivity contribution in [3.05, 3.63) is 28.8 Å². The second-order valence-corrected chi connectivity index (χ2v) is 7.23. The van der Waals surface area contributed by atoms with Gasteiger partial charge in [-0.25, -0.2) is 8.42 Å². The van der Waals surface area contributed by atoms with E-state index in [1.165, 1.54) is 19.1 Å². The zero-order chi connectivity index (χ0) is 14.8. The van der Waals surface area contributed by atoms with Crippen molar-refractivity contribution in [2.75, 3.05) is 11.6 Å². The third kappa shape index (κ3) is 4.15. The summed E-state index contributed by atoms with van der Waals surface area (Å²) in [7, 11) is -3.45.